The van der Waals surface area contributed by atoms with E-state index in [9.17, 15) is 38.3 Å². The number of hydrogen-bond donors (Lipinski definition) is 8. The van der Waals surface area contributed by atoms with E-state index in [-0.39, 0.29) is 42.3 Å². The predicted molar refractivity (Wildman–Crippen MR) is 149 cm³/mol. The summed E-state index contributed by atoms with van der Waals surface area (Å²) in [6.07, 6.45) is 0.266. The number of nitrogens with two attached hydrogens (primary N) is 2. The minimum Gasteiger partial charge on any atom is -0.383 e. The van der Waals surface area contributed by atoms with Crippen LogP contribution in [0.2, 0.25) is 0 Å². The Morgan fingerprint density at radius 3 is 2.64 bits per heavy atom. The Balaban J connectivity index is 1.30. The zero-order valence-corrected chi connectivity index (χ0v) is 23.3. The molecule has 3 unspecified atom stereocenters. The number of aromatic nitrogens is 2. The standard InChI is InChI=1S/C26H30F2N10O6/c1-24(43)15(34-19(40)12-6-2-4-11-5-3-7-25(27,28)17(11)12)10-37-21(29)32-14(18-26(24,37)38(44)22(30)36-18)9-31-20(41)13-8-16(39)35-23(42)33-13/h2,4,6,8,14-15,18,43-44H,3,5,7,9-10H2,1H3,(H2,29,32)(H2,30,36)(H,31,41)(H,34,40)(H2,33,35,39,42)/t14?,15-,18?,24-,26?/m0/s1. The van der Waals surface area contributed by atoms with Crippen LogP contribution in [0.15, 0.2) is 43.8 Å². The number of amides is 2. The molecule has 1 aromatic carbocycles. The number of nitrogens with one attached hydrogen (secondary N) is 4. The van der Waals surface area contributed by atoms with Crippen molar-refractivity contribution in [3.63, 3.8) is 0 Å². The molecule has 4 aliphatic rings. The molecule has 1 aliphatic carbocycles. The van der Waals surface area contributed by atoms with Gasteiger partial charge in [0.2, 0.25) is 5.96 Å². The number of benzene rings is 1. The van der Waals surface area contributed by atoms with Crippen LogP contribution in [-0.2, 0) is 12.3 Å². The molecule has 4 heterocycles. The van der Waals surface area contributed by atoms with Crippen LogP contribution in [0.4, 0.5) is 8.78 Å². The van der Waals surface area contributed by atoms with Gasteiger partial charge in [-0.2, -0.15) is 5.06 Å². The molecule has 6 rings (SSSR count). The Kier molecular flexibility index (Phi) is 6.54. The summed E-state index contributed by atoms with van der Waals surface area (Å²) in [5.74, 6) is -5.52. The Bertz CT molecular complexity index is 1710. The van der Waals surface area contributed by atoms with Crippen LogP contribution < -0.4 is 33.3 Å². The first kappa shape index (κ1) is 29.2. The van der Waals surface area contributed by atoms with Crippen LogP contribution in [0.3, 0.4) is 0 Å². The Morgan fingerprint density at radius 2 is 1.91 bits per heavy atom. The zero-order valence-electron chi connectivity index (χ0n) is 23.3. The Hall–Kier alpha value is -4.84. The van der Waals surface area contributed by atoms with E-state index >= 15 is 0 Å². The number of alkyl halides is 2. The van der Waals surface area contributed by atoms with E-state index in [1.54, 1.807) is 6.07 Å². The number of carbonyl (C=O) groups is 2. The van der Waals surface area contributed by atoms with Crippen LogP contribution in [-0.4, -0.2) is 96.5 Å². The molecule has 0 saturated carbocycles. The van der Waals surface area contributed by atoms with E-state index in [4.69, 9.17) is 11.5 Å². The number of rotatable bonds is 5. The second kappa shape index (κ2) is 9.84. The van der Waals surface area contributed by atoms with Crippen molar-refractivity contribution in [2.75, 3.05) is 13.1 Å². The minimum absolute atomic E-state index is 0.199. The normalized spacial score (nSPS) is 30.1. The summed E-state index contributed by atoms with van der Waals surface area (Å²) < 4.78 is 29.9. The quantitative estimate of drug-likeness (QED) is 0.181. The number of guanidine groups is 2. The smallest absolute Gasteiger partial charge is 0.326 e. The third-order valence-electron chi connectivity index (χ3n) is 8.84. The van der Waals surface area contributed by atoms with Crippen LogP contribution in [0.5, 0.6) is 0 Å². The summed E-state index contributed by atoms with van der Waals surface area (Å²) in [4.78, 5) is 63.6. The molecule has 5 atom stereocenters. The van der Waals surface area contributed by atoms with Gasteiger partial charge >= 0.3 is 5.69 Å². The molecular weight excluding hydrogens is 586 g/mol. The van der Waals surface area contributed by atoms with E-state index in [1.807, 2.05) is 4.98 Å². The highest BCUT2D eigenvalue weighted by Crippen LogP contribution is 2.50. The molecule has 1 aromatic heterocycles. The van der Waals surface area contributed by atoms with Gasteiger partial charge in [0, 0.05) is 36.7 Å². The number of nitrogens with zero attached hydrogens (tertiary/aromatic N) is 4. The molecule has 1 spiro atoms. The van der Waals surface area contributed by atoms with Gasteiger partial charge in [-0.1, -0.05) is 12.1 Å². The summed E-state index contributed by atoms with van der Waals surface area (Å²) in [7, 11) is 0. The molecule has 44 heavy (non-hydrogen) atoms. The monoisotopic (exact) mass is 616 g/mol. The first-order valence-corrected chi connectivity index (χ1v) is 13.8. The first-order chi connectivity index (χ1) is 20.7. The highest BCUT2D eigenvalue weighted by Gasteiger charge is 2.74. The van der Waals surface area contributed by atoms with Crippen molar-refractivity contribution < 1.29 is 28.7 Å². The summed E-state index contributed by atoms with van der Waals surface area (Å²) in [5, 5.41) is 29.0. The summed E-state index contributed by atoms with van der Waals surface area (Å²) in [6.45, 7) is 0.799. The fourth-order valence-corrected chi connectivity index (χ4v) is 6.86. The number of carbonyl (C=O) groups excluding carboxylic acids is 2. The Labute approximate surface area is 246 Å². The molecule has 2 aromatic rings. The van der Waals surface area contributed by atoms with E-state index < -0.39 is 70.8 Å². The lowest BCUT2D eigenvalue weighted by atomic mass is 9.78. The van der Waals surface area contributed by atoms with E-state index in [0.29, 0.717) is 17.0 Å². The summed E-state index contributed by atoms with van der Waals surface area (Å²) >= 11 is 0. The predicted octanol–water partition coefficient (Wildman–Crippen LogP) is -2.13. The fraction of sp³-hybridized carbons (Fsp3) is 0.462. The van der Waals surface area contributed by atoms with E-state index in [0.717, 1.165) is 6.07 Å². The third-order valence-corrected chi connectivity index (χ3v) is 8.84. The van der Waals surface area contributed by atoms with Crippen molar-refractivity contribution in [1.82, 2.24) is 30.6 Å². The number of aryl methyl sites for hydroxylation is 1. The van der Waals surface area contributed by atoms with Gasteiger partial charge in [-0.15, -0.1) is 0 Å². The molecular formula is C26H30F2N10O6. The lowest BCUT2D eigenvalue weighted by Gasteiger charge is -2.52. The number of halogens is 2. The topological polar surface area (TPSA) is 248 Å². The lowest BCUT2D eigenvalue weighted by Crippen LogP contribution is -2.77. The van der Waals surface area contributed by atoms with Gasteiger partial charge in [0.15, 0.2) is 11.6 Å². The van der Waals surface area contributed by atoms with Crippen molar-refractivity contribution in [3.8, 4) is 0 Å². The van der Waals surface area contributed by atoms with Gasteiger partial charge < -0.3 is 37.1 Å². The van der Waals surface area contributed by atoms with Crippen molar-refractivity contribution in [2.24, 2.45) is 21.5 Å². The molecule has 18 heteroatoms. The van der Waals surface area contributed by atoms with Crippen molar-refractivity contribution in [1.29, 1.82) is 0 Å². The largest absolute Gasteiger partial charge is 0.383 e. The number of aromatic amines is 2. The average molecular weight is 617 g/mol. The molecule has 0 bridgehead atoms. The maximum absolute atomic E-state index is 15.0. The minimum atomic E-state index is -3.22. The van der Waals surface area contributed by atoms with Crippen molar-refractivity contribution in [3.05, 3.63) is 67.5 Å². The number of aliphatic imine (C=N–C) groups is 2. The van der Waals surface area contributed by atoms with Crippen LogP contribution in [0.25, 0.3) is 0 Å². The molecule has 0 radical (unpaired) electrons. The van der Waals surface area contributed by atoms with E-state index in [1.165, 1.54) is 24.0 Å². The lowest BCUT2D eigenvalue weighted by molar-refractivity contribution is -0.218. The van der Waals surface area contributed by atoms with Gasteiger partial charge in [-0.3, -0.25) is 24.6 Å². The molecule has 3 aliphatic heterocycles. The van der Waals surface area contributed by atoms with Gasteiger partial charge in [0.25, 0.3) is 23.3 Å². The van der Waals surface area contributed by atoms with Crippen molar-refractivity contribution >= 4 is 23.7 Å². The molecule has 1 saturated heterocycles. The average Bonchev–Trinajstić information content (AvgIpc) is 3.36. The number of aliphatic hydroxyl groups is 1. The molecule has 16 nitrogen and oxygen atoms in total. The second-order valence-electron chi connectivity index (χ2n) is 11.4. The number of hydrogen-bond acceptors (Lipinski definition) is 12. The van der Waals surface area contributed by atoms with Gasteiger partial charge in [-0.05, 0) is 31.4 Å². The number of hydroxylamine groups is 2. The van der Waals surface area contributed by atoms with Gasteiger partial charge in [-0.25, -0.2) is 23.6 Å². The third kappa shape index (κ3) is 4.15. The van der Waals surface area contributed by atoms with Gasteiger partial charge in [0.05, 0.1) is 12.1 Å². The number of H-pyrrole nitrogens is 2. The summed E-state index contributed by atoms with van der Waals surface area (Å²) in [6, 6.07) is 1.83. The van der Waals surface area contributed by atoms with Gasteiger partial charge in [0.1, 0.15) is 17.3 Å². The molecule has 2 amide bonds. The SMILES string of the molecule is C[C@]1(O)[C@@H](NC(=O)c2cccc3c2C(F)(F)CCC3)CN2C(N)=NC(CNC(=O)c3cc(=O)[nH]c(=O)[nH]3)C3N=C(N)N(O)C321. The molecule has 234 valence electrons. The van der Waals surface area contributed by atoms with Crippen molar-refractivity contribution in [2.45, 2.75) is 61.5 Å². The van der Waals surface area contributed by atoms with Crippen LogP contribution in [0, 0.1) is 0 Å². The number of fused-ring (bicyclic) bond motifs is 1. The zero-order chi connectivity index (χ0) is 31.8. The fourth-order valence-electron chi connectivity index (χ4n) is 6.86. The summed E-state index contributed by atoms with van der Waals surface area (Å²) in [5.41, 5.74) is 6.03. The molecule has 1 fully saturated rings. The first-order valence-electron chi connectivity index (χ1n) is 13.8. The van der Waals surface area contributed by atoms with Crippen LogP contribution in [0.1, 0.15) is 51.7 Å². The highest BCUT2D eigenvalue weighted by molar-refractivity contribution is 5.97. The maximum atomic E-state index is 15.0. The second-order valence-corrected chi connectivity index (χ2v) is 11.4. The molecule has 10 N–H and O–H groups in total. The van der Waals surface area contributed by atoms with Crippen LogP contribution >= 0.6 is 0 Å². The highest BCUT2D eigenvalue weighted by atomic mass is 19.3. The Morgan fingerprint density at radius 1 is 1.16 bits per heavy atom. The van der Waals surface area contributed by atoms with E-state index in [2.05, 4.69) is 25.6 Å². The maximum Gasteiger partial charge on any atom is 0.326 e.